The van der Waals surface area contributed by atoms with Crippen LogP contribution in [0.1, 0.15) is 44.5 Å². The van der Waals surface area contributed by atoms with Crippen LogP contribution in [-0.4, -0.2) is 4.98 Å². The number of pyridine rings is 1. The number of hydrogen-bond donors (Lipinski definition) is 0. The highest BCUT2D eigenvalue weighted by molar-refractivity contribution is 5.96. The minimum absolute atomic E-state index is 0.956. The number of hydrogen-bond acceptors (Lipinski definition) is 2. The lowest BCUT2D eigenvalue weighted by molar-refractivity contribution is 0.978. The topological polar surface area (TPSA) is 16.1 Å². The van der Waals surface area contributed by atoms with Gasteiger partial charge in [0.2, 0.25) is 0 Å². The van der Waals surface area contributed by atoms with Crippen molar-refractivity contribution in [2.45, 2.75) is 25.7 Å². The van der Waals surface area contributed by atoms with E-state index in [2.05, 4.69) is 83.8 Å². The molecule has 2 nitrogen and oxygen atoms in total. The van der Waals surface area contributed by atoms with Crippen molar-refractivity contribution in [1.29, 1.82) is 0 Å². The van der Waals surface area contributed by atoms with Crippen molar-refractivity contribution in [2.24, 2.45) is 0 Å². The summed E-state index contributed by atoms with van der Waals surface area (Å²) in [5.74, 6) is 1.09. The molecule has 1 aromatic heterocycles. The van der Waals surface area contributed by atoms with Gasteiger partial charge in [0.15, 0.2) is 0 Å². The number of benzene rings is 4. The highest BCUT2D eigenvalue weighted by atomic mass is 15.2. The lowest BCUT2D eigenvalue weighted by Gasteiger charge is -2.39. The SMILES string of the molecule is c1ccc2c(c1)Cc1c-2ccc2c1Cc1cc3c4c(c1-2)Cc1ccccc1N4c1ncccc1C3. The second kappa shape index (κ2) is 6.28. The van der Waals surface area contributed by atoms with Crippen LogP contribution in [0.3, 0.4) is 0 Å². The van der Waals surface area contributed by atoms with Crippen LogP contribution in [0.25, 0.3) is 22.3 Å². The average molecular weight is 447 g/mol. The summed E-state index contributed by atoms with van der Waals surface area (Å²) in [5.41, 5.74) is 20.2. The smallest absolute Gasteiger partial charge is 0.141 e. The van der Waals surface area contributed by atoms with E-state index < -0.39 is 0 Å². The number of rotatable bonds is 0. The molecule has 0 unspecified atom stereocenters. The van der Waals surface area contributed by atoms with Crippen molar-refractivity contribution < 1.29 is 0 Å². The molecule has 35 heavy (non-hydrogen) atoms. The molecule has 2 aliphatic heterocycles. The van der Waals surface area contributed by atoms with Crippen LogP contribution in [0.15, 0.2) is 85.1 Å². The monoisotopic (exact) mass is 446 g/mol. The van der Waals surface area contributed by atoms with Gasteiger partial charge in [-0.15, -0.1) is 0 Å². The molecule has 4 aliphatic rings. The zero-order valence-electron chi connectivity index (χ0n) is 19.3. The van der Waals surface area contributed by atoms with E-state index in [1.807, 2.05) is 6.20 Å². The summed E-state index contributed by atoms with van der Waals surface area (Å²) < 4.78 is 0. The summed E-state index contributed by atoms with van der Waals surface area (Å²) in [7, 11) is 0. The summed E-state index contributed by atoms with van der Waals surface area (Å²) in [5, 5.41) is 0. The molecule has 9 rings (SSSR count). The van der Waals surface area contributed by atoms with E-state index in [1.54, 1.807) is 11.1 Å². The van der Waals surface area contributed by atoms with Crippen LogP contribution in [0.4, 0.5) is 17.2 Å². The second-order valence-electron chi connectivity index (χ2n) is 10.3. The average Bonchev–Trinajstić information content (AvgIpc) is 3.46. The molecule has 3 heterocycles. The first-order valence-corrected chi connectivity index (χ1v) is 12.6. The number of fused-ring (bicyclic) bond motifs is 12. The van der Waals surface area contributed by atoms with E-state index in [1.165, 1.54) is 67.0 Å². The maximum atomic E-state index is 4.88. The number of nitrogens with zero attached hydrogens (tertiary/aromatic N) is 2. The Bertz CT molecular complexity index is 1750. The van der Waals surface area contributed by atoms with Gasteiger partial charge in [-0.3, -0.25) is 4.90 Å². The van der Waals surface area contributed by atoms with Gasteiger partial charge in [-0.2, -0.15) is 0 Å². The molecule has 164 valence electrons. The Morgan fingerprint density at radius 3 is 2.26 bits per heavy atom. The number of para-hydroxylation sites is 1. The van der Waals surface area contributed by atoms with E-state index in [0.717, 1.165) is 31.5 Å². The quantitative estimate of drug-likeness (QED) is 0.240. The third-order valence-corrected chi connectivity index (χ3v) is 8.59. The largest absolute Gasteiger partial charge is 0.294 e. The molecular formula is C33H22N2. The fourth-order valence-electron chi connectivity index (χ4n) is 7.20. The van der Waals surface area contributed by atoms with E-state index in [0.29, 0.717) is 0 Å². The summed E-state index contributed by atoms with van der Waals surface area (Å²) >= 11 is 0. The van der Waals surface area contributed by atoms with Crippen molar-refractivity contribution in [1.82, 2.24) is 4.98 Å². The molecule has 4 aromatic carbocycles. The minimum atomic E-state index is 0.956. The van der Waals surface area contributed by atoms with E-state index in [4.69, 9.17) is 4.98 Å². The molecule has 0 saturated carbocycles. The first-order valence-electron chi connectivity index (χ1n) is 12.6. The normalized spacial score (nSPS) is 14.9. The Morgan fingerprint density at radius 1 is 0.543 bits per heavy atom. The second-order valence-corrected chi connectivity index (χ2v) is 10.3. The fraction of sp³-hybridized carbons (Fsp3) is 0.121. The van der Waals surface area contributed by atoms with Gasteiger partial charge in [0.25, 0.3) is 0 Å². The maximum Gasteiger partial charge on any atom is 0.141 e. The molecule has 5 aromatic rings. The Morgan fingerprint density at radius 2 is 1.29 bits per heavy atom. The highest BCUT2D eigenvalue weighted by Gasteiger charge is 2.37. The van der Waals surface area contributed by atoms with Crippen LogP contribution >= 0.6 is 0 Å². The minimum Gasteiger partial charge on any atom is -0.294 e. The van der Waals surface area contributed by atoms with Gasteiger partial charge in [-0.1, -0.05) is 66.7 Å². The van der Waals surface area contributed by atoms with E-state index in [9.17, 15) is 0 Å². The first kappa shape index (κ1) is 18.2. The molecular weight excluding hydrogens is 424 g/mol. The summed E-state index contributed by atoms with van der Waals surface area (Å²) in [6, 6.07) is 29.4. The lowest BCUT2D eigenvalue weighted by Crippen LogP contribution is -2.26. The van der Waals surface area contributed by atoms with Gasteiger partial charge in [0.1, 0.15) is 5.82 Å². The van der Waals surface area contributed by atoms with Crippen molar-refractivity contribution in [2.75, 3.05) is 4.90 Å². The zero-order chi connectivity index (χ0) is 22.7. The first-order chi connectivity index (χ1) is 17.3. The molecule has 0 amide bonds. The van der Waals surface area contributed by atoms with Crippen LogP contribution in [-0.2, 0) is 25.7 Å². The Hall–Kier alpha value is -4.17. The van der Waals surface area contributed by atoms with Crippen molar-refractivity contribution >= 4 is 17.2 Å². The Balaban J connectivity index is 1.32. The molecule has 0 atom stereocenters. The fourth-order valence-corrected chi connectivity index (χ4v) is 7.20. The molecule has 0 bridgehead atoms. The van der Waals surface area contributed by atoms with Gasteiger partial charge in [-0.25, -0.2) is 4.98 Å². The Kier molecular flexibility index (Phi) is 3.27. The third-order valence-electron chi connectivity index (χ3n) is 8.59. The third kappa shape index (κ3) is 2.23. The maximum absolute atomic E-state index is 4.88. The van der Waals surface area contributed by atoms with Crippen molar-refractivity contribution in [3.63, 3.8) is 0 Å². The molecule has 2 heteroatoms. The van der Waals surface area contributed by atoms with Gasteiger partial charge in [0.05, 0.1) is 11.4 Å². The van der Waals surface area contributed by atoms with Gasteiger partial charge >= 0.3 is 0 Å². The van der Waals surface area contributed by atoms with Gasteiger partial charge < -0.3 is 0 Å². The number of anilines is 3. The predicted octanol–water partition coefficient (Wildman–Crippen LogP) is 7.50. The molecule has 0 fully saturated rings. The molecule has 2 aliphatic carbocycles. The Labute approximate surface area is 204 Å². The van der Waals surface area contributed by atoms with Crippen molar-refractivity contribution in [3.8, 4) is 22.3 Å². The predicted molar refractivity (Wildman–Crippen MR) is 141 cm³/mol. The highest BCUT2D eigenvalue weighted by Crippen LogP contribution is 2.56. The lowest BCUT2D eigenvalue weighted by atomic mass is 9.83. The van der Waals surface area contributed by atoms with Gasteiger partial charge in [0, 0.05) is 19.0 Å². The molecule has 0 radical (unpaired) electrons. The van der Waals surface area contributed by atoms with Crippen LogP contribution < -0.4 is 4.90 Å². The summed E-state index contributed by atoms with van der Waals surface area (Å²) in [6.45, 7) is 0. The molecule has 0 spiro atoms. The summed E-state index contributed by atoms with van der Waals surface area (Å²) in [4.78, 5) is 7.33. The zero-order valence-corrected chi connectivity index (χ0v) is 19.3. The standard InChI is InChI=1S/C33H22N2/c1-3-9-24-19(6-1)16-27-25(24)11-12-26-28(27)18-22-15-23-14-21-8-5-13-34-33(21)35-30-10-4-2-7-20(30)17-29(31(22)26)32(23)35/h1-13,15H,14,16-18H2. The van der Waals surface area contributed by atoms with Gasteiger partial charge in [-0.05, 0) is 91.7 Å². The van der Waals surface area contributed by atoms with Crippen LogP contribution in [0.5, 0.6) is 0 Å². The van der Waals surface area contributed by atoms with E-state index in [-0.39, 0.29) is 0 Å². The molecule has 0 saturated heterocycles. The summed E-state index contributed by atoms with van der Waals surface area (Å²) in [6.07, 6.45) is 5.98. The van der Waals surface area contributed by atoms with Crippen LogP contribution in [0.2, 0.25) is 0 Å². The van der Waals surface area contributed by atoms with E-state index >= 15 is 0 Å². The number of aromatic nitrogens is 1. The van der Waals surface area contributed by atoms with Crippen molar-refractivity contribution in [3.05, 3.63) is 130 Å². The van der Waals surface area contributed by atoms with Crippen LogP contribution in [0, 0.1) is 0 Å². The molecule has 0 N–H and O–H groups in total.